The number of imidazole rings is 1. The van der Waals surface area contributed by atoms with Crippen molar-refractivity contribution >= 4 is 24.9 Å². The lowest BCUT2D eigenvalue weighted by Crippen LogP contribution is -2.41. The topological polar surface area (TPSA) is 133 Å². The molecule has 2 saturated heterocycles. The number of hydrogen-bond acceptors (Lipinski definition) is 10. The zero-order chi connectivity index (χ0) is 21.0. The normalized spacial score (nSPS) is 31.3. The summed E-state index contributed by atoms with van der Waals surface area (Å²) in [4.78, 5) is 12.8. The van der Waals surface area contributed by atoms with Crippen molar-refractivity contribution in [3.8, 4) is 5.88 Å². The monoisotopic (exact) mass is 427 g/mol. The van der Waals surface area contributed by atoms with Gasteiger partial charge in [0, 0.05) is 5.41 Å². The number of phosphoric ester groups is 1. The number of ether oxygens (including phenoxy) is 2. The van der Waals surface area contributed by atoms with Crippen LogP contribution in [0, 0.1) is 5.41 Å². The van der Waals surface area contributed by atoms with Crippen molar-refractivity contribution in [2.75, 3.05) is 18.9 Å². The van der Waals surface area contributed by atoms with Gasteiger partial charge in [0.25, 0.3) is 0 Å². The van der Waals surface area contributed by atoms with Gasteiger partial charge in [0.2, 0.25) is 11.8 Å². The molecule has 29 heavy (non-hydrogen) atoms. The summed E-state index contributed by atoms with van der Waals surface area (Å²) in [5, 5.41) is 0. The molecule has 4 atom stereocenters. The maximum atomic E-state index is 12.8. The number of phosphoric acid groups is 1. The molecule has 2 aromatic heterocycles. The maximum absolute atomic E-state index is 12.8. The molecule has 2 N–H and O–H groups in total. The smallest absolute Gasteiger partial charge is 0.475 e. The molecule has 0 amide bonds. The maximum Gasteiger partial charge on any atom is 0.475 e. The fraction of sp³-hybridized carbons (Fsp3) is 0.706. The number of nitrogen functional groups attached to an aromatic ring is 1. The van der Waals surface area contributed by atoms with Crippen LogP contribution in [0.2, 0.25) is 0 Å². The molecular formula is C17H26N5O6P. The lowest BCUT2D eigenvalue weighted by atomic mass is 9.84. The minimum Gasteiger partial charge on any atom is -0.476 e. The molecule has 0 aromatic carbocycles. The van der Waals surface area contributed by atoms with E-state index in [9.17, 15) is 4.57 Å². The summed E-state index contributed by atoms with van der Waals surface area (Å²) >= 11 is 0. The summed E-state index contributed by atoms with van der Waals surface area (Å²) in [5.74, 6) is 0.390. The third kappa shape index (κ3) is 3.51. The number of anilines is 1. The highest BCUT2D eigenvalue weighted by Gasteiger charge is 2.58. The van der Waals surface area contributed by atoms with Crippen LogP contribution in [-0.4, -0.2) is 51.0 Å². The van der Waals surface area contributed by atoms with Crippen LogP contribution in [0.1, 0.15) is 40.8 Å². The molecule has 0 saturated carbocycles. The first-order valence-corrected chi connectivity index (χ1v) is 11.0. The Kier molecular flexibility index (Phi) is 5.07. The summed E-state index contributed by atoms with van der Waals surface area (Å²) in [6.07, 6.45) is -0.131. The zero-order valence-electron chi connectivity index (χ0n) is 17.1. The van der Waals surface area contributed by atoms with Gasteiger partial charge >= 0.3 is 7.82 Å². The minimum absolute atomic E-state index is 0.0744. The molecule has 4 rings (SSSR count). The Morgan fingerprint density at radius 1 is 1.41 bits per heavy atom. The van der Waals surface area contributed by atoms with Crippen LogP contribution in [0.4, 0.5) is 5.95 Å². The Morgan fingerprint density at radius 2 is 2.17 bits per heavy atom. The van der Waals surface area contributed by atoms with Gasteiger partial charge in [0.05, 0.1) is 25.6 Å². The quantitative estimate of drug-likeness (QED) is 0.710. The van der Waals surface area contributed by atoms with Crippen LogP contribution >= 0.6 is 7.82 Å². The average molecular weight is 427 g/mol. The van der Waals surface area contributed by atoms with E-state index in [-0.39, 0.29) is 18.7 Å². The predicted molar refractivity (Wildman–Crippen MR) is 103 cm³/mol. The molecular weight excluding hydrogens is 401 g/mol. The fourth-order valence-electron chi connectivity index (χ4n) is 3.75. The van der Waals surface area contributed by atoms with Crippen LogP contribution in [0.25, 0.3) is 11.2 Å². The Hall–Kier alpha value is -1.78. The van der Waals surface area contributed by atoms with E-state index in [1.165, 1.54) is 0 Å². The Labute approximate surface area is 168 Å². The van der Waals surface area contributed by atoms with E-state index in [0.29, 0.717) is 23.7 Å². The first kappa shape index (κ1) is 20.5. The van der Waals surface area contributed by atoms with E-state index < -0.39 is 31.7 Å². The zero-order valence-corrected chi connectivity index (χ0v) is 18.0. The number of hydrogen-bond donors (Lipinski definition) is 1. The van der Waals surface area contributed by atoms with E-state index in [4.69, 9.17) is 28.8 Å². The summed E-state index contributed by atoms with van der Waals surface area (Å²) in [7, 11) is -3.67. The van der Waals surface area contributed by atoms with Crippen molar-refractivity contribution in [2.24, 2.45) is 5.41 Å². The molecule has 0 bridgehead atoms. The summed E-state index contributed by atoms with van der Waals surface area (Å²) in [6, 6.07) is 0. The number of aromatic nitrogens is 4. The highest BCUT2D eigenvalue weighted by Crippen LogP contribution is 2.61. The van der Waals surface area contributed by atoms with Crippen LogP contribution in [0.3, 0.4) is 0 Å². The highest BCUT2D eigenvalue weighted by atomic mass is 31.2. The molecule has 2 aliphatic rings. The molecule has 4 heterocycles. The van der Waals surface area contributed by atoms with Crippen molar-refractivity contribution < 1.29 is 27.6 Å². The molecule has 2 aromatic rings. The predicted octanol–water partition coefficient (Wildman–Crippen LogP) is 2.68. The minimum atomic E-state index is -3.67. The van der Waals surface area contributed by atoms with Gasteiger partial charge in [-0.3, -0.25) is 18.1 Å². The van der Waals surface area contributed by atoms with Crippen LogP contribution < -0.4 is 10.5 Å². The third-order valence-electron chi connectivity index (χ3n) is 4.93. The number of fused-ring (bicyclic) bond motifs is 2. The molecule has 12 heteroatoms. The van der Waals surface area contributed by atoms with E-state index in [1.54, 1.807) is 24.7 Å². The van der Waals surface area contributed by atoms with Crippen LogP contribution in [0.5, 0.6) is 5.88 Å². The first-order chi connectivity index (χ1) is 13.6. The third-order valence-corrected chi connectivity index (χ3v) is 6.56. The van der Waals surface area contributed by atoms with E-state index in [2.05, 4.69) is 15.0 Å². The van der Waals surface area contributed by atoms with Crippen molar-refractivity contribution in [1.29, 1.82) is 0 Å². The number of nitrogens with zero attached hydrogens (tertiary/aromatic N) is 4. The van der Waals surface area contributed by atoms with E-state index >= 15 is 0 Å². The van der Waals surface area contributed by atoms with E-state index in [0.717, 1.165) is 0 Å². The van der Waals surface area contributed by atoms with Gasteiger partial charge in [-0.2, -0.15) is 9.97 Å². The summed E-state index contributed by atoms with van der Waals surface area (Å²) in [5.41, 5.74) is 6.25. The average Bonchev–Trinajstić information content (AvgIpc) is 3.13. The summed E-state index contributed by atoms with van der Waals surface area (Å²) in [6.45, 7) is 9.85. The molecule has 1 unspecified atom stereocenters. The number of nitrogens with two attached hydrogens (primary N) is 1. The molecule has 11 nitrogen and oxygen atoms in total. The van der Waals surface area contributed by atoms with Gasteiger partial charge in [-0.1, -0.05) is 13.8 Å². The number of rotatable bonds is 5. The lowest BCUT2D eigenvalue weighted by molar-refractivity contribution is -0.0733. The van der Waals surface area contributed by atoms with Crippen molar-refractivity contribution in [3.05, 3.63) is 6.33 Å². The molecule has 2 fully saturated rings. The van der Waals surface area contributed by atoms with Crippen LogP contribution in [0.15, 0.2) is 6.33 Å². The van der Waals surface area contributed by atoms with Gasteiger partial charge in [-0.05, 0) is 20.8 Å². The second-order valence-corrected chi connectivity index (χ2v) is 9.49. The second kappa shape index (κ2) is 7.17. The highest BCUT2D eigenvalue weighted by molar-refractivity contribution is 7.48. The van der Waals surface area contributed by atoms with Gasteiger partial charge in [-0.25, -0.2) is 9.55 Å². The van der Waals surface area contributed by atoms with Gasteiger partial charge in [0.1, 0.15) is 18.4 Å². The SMILES string of the molecule is CCOc1nc(N)nc2c1ncn2[C@@H]1O[C@@H]2COP(=O)(OC(C)C)O[C@H]2C1(C)C. The first-order valence-electron chi connectivity index (χ1n) is 9.54. The molecule has 0 spiro atoms. The van der Waals surface area contributed by atoms with Crippen molar-refractivity contribution in [3.63, 3.8) is 0 Å². The van der Waals surface area contributed by atoms with Crippen LogP contribution in [-0.2, 0) is 22.9 Å². The Bertz CT molecular complexity index is 963. The molecule has 0 aliphatic carbocycles. The second-order valence-electron chi connectivity index (χ2n) is 7.92. The van der Waals surface area contributed by atoms with Crippen molar-refractivity contribution in [1.82, 2.24) is 19.5 Å². The lowest BCUT2D eigenvalue weighted by Gasteiger charge is -2.36. The largest absolute Gasteiger partial charge is 0.476 e. The van der Waals surface area contributed by atoms with Crippen molar-refractivity contribution in [2.45, 2.75) is 59.2 Å². The fourth-order valence-corrected chi connectivity index (χ4v) is 5.45. The summed E-state index contributed by atoms with van der Waals surface area (Å²) < 4.78 is 43.0. The molecule has 160 valence electrons. The van der Waals surface area contributed by atoms with Gasteiger partial charge in [-0.15, -0.1) is 0 Å². The molecule has 0 radical (unpaired) electrons. The molecule has 2 aliphatic heterocycles. The standard InChI is InChI=1S/C17H26N5O6P/c1-6-24-14-11-13(20-16(18)21-14)22(8-19-11)15-17(4,5)12-10(26-15)7-25-29(23,28-12)27-9(2)3/h8-10,12,15H,6-7H2,1-5H3,(H2,18,20,21)/t10-,12-,15-,29?/m1/s1. The Balaban J connectivity index is 1.70. The Morgan fingerprint density at radius 3 is 2.86 bits per heavy atom. The van der Waals surface area contributed by atoms with Gasteiger partial charge in [0.15, 0.2) is 11.2 Å². The van der Waals surface area contributed by atoms with E-state index in [1.807, 2.05) is 20.8 Å². The van der Waals surface area contributed by atoms with Gasteiger partial charge < -0.3 is 15.2 Å².